The van der Waals surface area contributed by atoms with Crippen LogP contribution in [0.5, 0.6) is 0 Å². The zero-order valence-electron chi connectivity index (χ0n) is 16.7. The largest absolute Gasteiger partial charge is 0.352 e. The number of amides is 1. The number of benzene rings is 2. The second kappa shape index (κ2) is 9.16. The van der Waals surface area contributed by atoms with Gasteiger partial charge in [0.25, 0.3) is 5.91 Å². The number of rotatable bonds is 6. The van der Waals surface area contributed by atoms with Gasteiger partial charge in [-0.15, -0.1) is 0 Å². The molecule has 0 saturated carbocycles. The van der Waals surface area contributed by atoms with Crippen molar-refractivity contribution in [2.75, 3.05) is 39.8 Å². The van der Waals surface area contributed by atoms with Crippen LogP contribution >= 0.6 is 0 Å². The van der Waals surface area contributed by atoms with Gasteiger partial charge in [-0.25, -0.2) is 0 Å². The Morgan fingerprint density at radius 3 is 2.63 bits per heavy atom. The molecular formula is C23H31N3O. The van der Waals surface area contributed by atoms with Gasteiger partial charge < -0.3 is 10.2 Å². The van der Waals surface area contributed by atoms with Crippen molar-refractivity contribution in [1.82, 2.24) is 15.1 Å². The minimum atomic E-state index is 0.0363. The highest BCUT2D eigenvalue weighted by Crippen LogP contribution is 2.24. The van der Waals surface area contributed by atoms with E-state index in [2.05, 4.69) is 52.5 Å². The predicted octanol–water partition coefficient (Wildman–Crippen LogP) is 3.41. The number of piperazine rings is 1. The summed E-state index contributed by atoms with van der Waals surface area (Å²) in [5.41, 5.74) is 4.39. The van der Waals surface area contributed by atoms with Crippen molar-refractivity contribution < 1.29 is 4.79 Å². The molecule has 1 unspecified atom stereocenters. The molecule has 0 aliphatic carbocycles. The minimum Gasteiger partial charge on any atom is -0.352 e. The molecule has 1 amide bonds. The molecule has 1 aliphatic rings. The summed E-state index contributed by atoms with van der Waals surface area (Å²) in [6, 6.07) is 17.1. The molecular weight excluding hydrogens is 334 g/mol. The molecule has 0 radical (unpaired) electrons. The molecule has 27 heavy (non-hydrogen) atoms. The summed E-state index contributed by atoms with van der Waals surface area (Å²) in [5.74, 6) is 0.0363. The van der Waals surface area contributed by atoms with E-state index in [4.69, 9.17) is 0 Å². The number of aryl methyl sites for hydroxylation is 1. The lowest BCUT2D eigenvalue weighted by Crippen LogP contribution is -2.47. The SMILES string of the molecule is Cc1cccc(C(=O)NCCCN2CCN(C)CC2c2ccccc2)c1C. The van der Waals surface area contributed by atoms with Crippen LogP contribution in [0, 0.1) is 13.8 Å². The molecule has 1 N–H and O–H groups in total. The van der Waals surface area contributed by atoms with E-state index in [9.17, 15) is 4.79 Å². The number of carbonyl (C=O) groups is 1. The second-order valence-corrected chi connectivity index (χ2v) is 7.58. The Balaban J connectivity index is 1.53. The molecule has 0 bridgehead atoms. The van der Waals surface area contributed by atoms with E-state index in [-0.39, 0.29) is 5.91 Å². The first-order valence-electron chi connectivity index (χ1n) is 9.88. The summed E-state index contributed by atoms with van der Waals surface area (Å²) in [4.78, 5) is 17.4. The number of nitrogens with zero attached hydrogens (tertiary/aromatic N) is 2. The van der Waals surface area contributed by atoms with Gasteiger partial charge in [0.1, 0.15) is 0 Å². The number of nitrogens with one attached hydrogen (secondary N) is 1. The maximum Gasteiger partial charge on any atom is 0.251 e. The Hall–Kier alpha value is -2.17. The smallest absolute Gasteiger partial charge is 0.251 e. The lowest BCUT2D eigenvalue weighted by molar-refractivity contribution is 0.0865. The van der Waals surface area contributed by atoms with Crippen molar-refractivity contribution in [1.29, 1.82) is 0 Å². The van der Waals surface area contributed by atoms with Crippen molar-refractivity contribution in [2.24, 2.45) is 0 Å². The average molecular weight is 366 g/mol. The maximum absolute atomic E-state index is 12.5. The molecule has 0 aromatic heterocycles. The first kappa shape index (κ1) is 19.6. The van der Waals surface area contributed by atoms with E-state index >= 15 is 0 Å². The number of likely N-dealkylation sites (N-methyl/N-ethyl adjacent to an activating group) is 1. The van der Waals surface area contributed by atoms with Crippen LogP contribution in [-0.2, 0) is 0 Å². The molecule has 2 aromatic carbocycles. The summed E-state index contributed by atoms with van der Waals surface area (Å²) in [6.45, 7) is 8.99. The van der Waals surface area contributed by atoms with Crippen LogP contribution in [0.3, 0.4) is 0 Å². The fraction of sp³-hybridized carbons (Fsp3) is 0.435. The molecule has 1 saturated heterocycles. The van der Waals surface area contributed by atoms with Crippen LogP contribution in [0.25, 0.3) is 0 Å². The standard InChI is InChI=1S/C23H31N3O/c1-18-9-7-12-21(19(18)2)23(27)24-13-8-14-26-16-15-25(3)17-22(26)20-10-5-4-6-11-20/h4-7,9-12,22H,8,13-17H2,1-3H3,(H,24,27). The van der Waals surface area contributed by atoms with Gasteiger partial charge in [-0.3, -0.25) is 9.69 Å². The average Bonchev–Trinajstić information content (AvgIpc) is 2.68. The monoisotopic (exact) mass is 365 g/mol. The topological polar surface area (TPSA) is 35.6 Å². The van der Waals surface area contributed by atoms with Gasteiger partial charge in [-0.05, 0) is 50.1 Å². The van der Waals surface area contributed by atoms with Crippen LogP contribution < -0.4 is 5.32 Å². The zero-order chi connectivity index (χ0) is 19.2. The molecule has 1 atom stereocenters. The third-order valence-corrected chi connectivity index (χ3v) is 5.64. The summed E-state index contributed by atoms with van der Waals surface area (Å²) >= 11 is 0. The van der Waals surface area contributed by atoms with Crippen molar-refractivity contribution >= 4 is 5.91 Å². The zero-order valence-corrected chi connectivity index (χ0v) is 16.7. The Morgan fingerprint density at radius 2 is 1.85 bits per heavy atom. The summed E-state index contributed by atoms with van der Waals surface area (Å²) < 4.78 is 0. The Kier molecular flexibility index (Phi) is 6.64. The van der Waals surface area contributed by atoms with Crippen LogP contribution in [0.1, 0.15) is 39.5 Å². The van der Waals surface area contributed by atoms with E-state index in [1.54, 1.807) is 0 Å². The first-order chi connectivity index (χ1) is 13.1. The van der Waals surface area contributed by atoms with Gasteiger partial charge in [0.2, 0.25) is 0 Å². The molecule has 2 aromatic rings. The van der Waals surface area contributed by atoms with E-state index in [0.717, 1.165) is 49.3 Å². The van der Waals surface area contributed by atoms with Crippen molar-refractivity contribution in [3.8, 4) is 0 Å². The molecule has 1 aliphatic heterocycles. The van der Waals surface area contributed by atoms with E-state index < -0.39 is 0 Å². The third kappa shape index (κ3) is 4.96. The Labute approximate surface area is 163 Å². The van der Waals surface area contributed by atoms with Gasteiger partial charge in [0.15, 0.2) is 0 Å². The number of hydrogen-bond donors (Lipinski definition) is 1. The molecule has 4 nitrogen and oxygen atoms in total. The quantitative estimate of drug-likeness (QED) is 0.797. The van der Waals surface area contributed by atoms with Gasteiger partial charge in [0.05, 0.1) is 0 Å². The fourth-order valence-electron chi connectivity index (χ4n) is 3.79. The van der Waals surface area contributed by atoms with Crippen molar-refractivity contribution in [3.05, 3.63) is 70.8 Å². The van der Waals surface area contributed by atoms with Gasteiger partial charge >= 0.3 is 0 Å². The summed E-state index contributed by atoms with van der Waals surface area (Å²) in [6.07, 6.45) is 0.962. The predicted molar refractivity (Wildman–Crippen MR) is 111 cm³/mol. The lowest BCUT2D eigenvalue weighted by atomic mass is 10.0. The molecule has 144 valence electrons. The molecule has 1 fully saturated rings. The highest BCUT2D eigenvalue weighted by molar-refractivity contribution is 5.95. The van der Waals surface area contributed by atoms with Gasteiger partial charge in [-0.1, -0.05) is 42.5 Å². The number of hydrogen-bond acceptors (Lipinski definition) is 3. The number of carbonyl (C=O) groups excluding carboxylic acids is 1. The van der Waals surface area contributed by atoms with E-state index in [0.29, 0.717) is 12.6 Å². The van der Waals surface area contributed by atoms with E-state index in [1.165, 1.54) is 5.56 Å². The highest BCUT2D eigenvalue weighted by Gasteiger charge is 2.25. The van der Waals surface area contributed by atoms with Gasteiger partial charge in [-0.2, -0.15) is 0 Å². The summed E-state index contributed by atoms with van der Waals surface area (Å²) in [7, 11) is 2.19. The molecule has 3 rings (SSSR count). The molecule has 1 heterocycles. The Bertz CT molecular complexity index is 759. The summed E-state index contributed by atoms with van der Waals surface area (Å²) in [5, 5.41) is 3.09. The Morgan fingerprint density at radius 1 is 1.07 bits per heavy atom. The second-order valence-electron chi connectivity index (χ2n) is 7.58. The van der Waals surface area contributed by atoms with Crippen LogP contribution in [0.2, 0.25) is 0 Å². The first-order valence-corrected chi connectivity index (χ1v) is 9.88. The molecule has 0 spiro atoms. The van der Waals surface area contributed by atoms with Gasteiger partial charge in [0, 0.05) is 44.3 Å². The maximum atomic E-state index is 12.5. The highest BCUT2D eigenvalue weighted by atomic mass is 16.1. The van der Waals surface area contributed by atoms with Crippen LogP contribution in [0.15, 0.2) is 48.5 Å². The normalized spacial score (nSPS) is 18.4. The van der Waals surface area contributed by atoms with Crippen molar-refractivity contribution in [3.63, 3.8) is 0 Å². The van der Waals surface area contributed by atoms with Crippen LogP contribution in [-0.4, -0.2) is 55.5 Å². The third-order valence-electron chi connectivity index (χ3n) is 5.64. The molecule has 4 heteroatoms. The fourth-order valence-corrected chi connectivity index (χ4v) is 3.79. The minimum absolute atomic E-state index is 0.0363. The van der Waals surface area contributed by atoms with Crippen molar-refractivity contribution in [2.45, 2.75) is 26.3 Å². The van der Waals surface area contributed by atoms with Crippen LogP contribution in [0.4, 0.5) is 0 Å². The lowest BCUT2D eigenvalue weighted by Gasteiger charge is -2.40. The van der Waals surface area contributed by atoms with E-state index in [1.807, 2.05) is 32.0 Å².